The van der Waals surface area contributed by atoms with E-state index in [4.69, 9.17) is 0 Å². The summed E-state index contributed by atoms with van der Waals surface area (Å²) in [6.45, 7) is 8.10. The van der Waals surface area contributed by atoms with Crippen LogP contribution in [0.4, 0.5) is 10.1 Å². The van der Waals surface area contributed by atoms with Gasteiger partial charge < -0.3 is 25.1 Å². The van der Waals surface area contributed by atoms with Crippen LogP contribution >= 0.6 is 0 Å². The number of carboxylic acids is 1. The average molecular weight is 643 g/mol. The highest BCUT2D eigenvalue weighted by Gasteiger charge is 2.56. The Morgan fingerprint density at radius 2 is 1.66 bits per heavy atom. The summed E-state index contributed by atoms with van der Waals surface area (Å²) in [7, 11) is 1.76. The van der Waals surface area contributed by atoms with Gasteiger partial charge in [-0.05, 0) is 85.5 Å². The Morgan fingerprint density at radius 3 is 2.28 bits per heavy atom. The fourth-order valence-electron chi connectivity index (χ4n) is 6.94. The summed E-state index contributed by atoms with van der Waals surface area (Å²) in [6, 6.07) is 18.4. The molecule has 0 bridgehead atoms. The number of carbonyl (C=O) groups is 4. The van der Waals surface area contributed by atoms with Crippen molar-refractivity contribution in [1.29, 1.82) is 0 Å². The van der Waals surface area contributed by atoms with Crippen molar-refractivity contribution in [2.75, 3.05) is 25.0 Å². The van der Waals surface area contributed by atoms with Crippen molar-refractivity contribution in [1.82, 2.24) is 15.1 Å². The molecule has 3 aromatic rings. The third-order valence-electron chi connectivity index (χ3n) is 9.75. The molecule has 47 heavy (non-hydrogen) atoms. The topological polar surface area (TPSA) is 110 Å². The lowest BCUT2D eigenvalue weighted by Gasteiger charge is -2.45. The van der Waals surface area contributed by atoms with Crippen LogP contribution in [0.1, 0.15) is 77.9 Å². The van der Waals surface area contributed by atoms with E-state index in [9.17, 15) is 28.7 Å². The van der Waals surface area contributed by atoms with Crippen molar-refractivity contribution in [2.24, 2.45) is 5.92 Å². The lowest BCUT2D eigenvalue weighted by atomic mass is 9.84. The number of likely N-dealkylation sites (tertiary alicyclic amines) is 1. The van der Waals surface area contributed by atoms with Crippen molar-refractivity contribution in [3.8, 4) is 0 Å². The number of likely N-dealkylation sites (N-methyl/N-ethyl adjacent to an activating group) is 1. The molecule has 9 nitrogen and oxygen atoms in total. The molecule has 2 saturated heterocycles. The first-order valence-electron chi connectivity index (χ1n) is 16.2. The van der Waals surface area contributed by atoms with Crippen LogP contribution in [-0.2, 0) is 22.4 Å². The van der Waals surface area contributed by atoms with Crippen LogP contribution in [0.3, 0.4) is 0 Å². The second kappa shape index (κ2) is 13.6. The average Bonchev–Trinajstić information content (AvgIpc) is 3.23. The zero-order valence-corrected chi connectivity index (χ0v) is 27.6. The van der Waals surface area contributed by atoms with E-state index < -0.39 is 29.3 Å². The minimum absolute atomic E-state index is 0.0518. The van der Waals surface area contributed by atoms with E-state index in [1.54, 1.807) is 35.0 Å². The van der Waals surface area contributed by atoms with Crippen molar-refractivity contribution < 1.29 is 28.7 Å². The SMILES string of the molecule is CCc1ccc(F)c(C(=O)NC(C(=O)N2CCC3(CC2)C(=O)N(C)C(C)N3c2ccc(C(=O)O)c(Cc3ccccc3)c2)C(C)C)c1. The zero-order chi connectivity index (χ0) is 34.0. The fourth-order valence-corrected chi connectivity index (χ4v) is 6.94. The summed E-state index contributed by atoms with van der Waals surface area (Å²) in [5.41, 5.74) is 2.38. The summed E-state index contributed by atoms with van der Waals surface area (Å²) in [6.07, 6.45) is 1.47. The second-order valence-electron chi connectivity index (χ2n) is 12.9. The molecule has 2 aliphatic rings. The number of nitrogens with zero attached hydrogens (tertiary/aromatic N) is 3. The minimum Gasteiger partial charge on any atom is -0.478 e. The highest BCUT2D eigenvalue weighted by Crippen LogP contribution is 2.43. The predicted octanol–water partition coefficient (Wildman–Crippen LogP) is 5.12. The quantitative estimate of drug-likeness (QED) is 0.336. The van der Waals surface area contributed by atoms with E-state index in [1.807, 2.05) is 64.1 Å². The molecule has 0 aromatic heterocycles. The summed E-state index contributed by atoms with van der Waals surface area (Å²) in [5.74, 6) is -2.88. The van der Waals surface area contributed by atoms with Gasteiger partial charge in [-0.25, -0.2) is 9.18 Å². The molecule has 2 unspecified atom stereocenters. The molecule has 2 aliphatic heterocycles. The molecule has 10 heteroatoms. The molecule has 0 saturated carbocycles. The van der Waals surface area contributed by atoms with Gasteiger partial charge in [0.05, 0.1) is 11.1 Å². The van der Waals surface area contributed by atoms with Crippen LogP contribution in [0, 0.1) is 11.7 Å². The first-order chi connectivity index (χ1) is 22.4. The Hall–Kier alpha value is -4.73. The molecule has 1 spiro atoms. The highest BCUT2D eigenvalue weighted by atomic mass is 19.1. The molecule has 5 rings (SSSR count). The summed E-state index contributed by atoms with van der Waals surface area (Å²) in [4.78, 5) is 58.5. The number of anilines is 1. The van der Waals surface area contributed by atoms with E-state index >= 15 is 0 Å². The largest absolute Gasteiger partial charge is 0.478 e. The van der Waals surface area contributed by atoms with E-state index in [0.717, 1.165) is 16.8 Å². The van der Waals surface area contributed by atoms with Gasteiger partial charge in [-0.3, -0.25) is 14.4 Å². The number of halogens is 1. The van der Waals surface area contributed by atoms with Gasteiger partial charge in [-0.15, -0.1) is 0 Å². The zero-order valence-electron chi connectivity index (χ0n) is 27.6. The molecule has 2 fully saturated rings. The molecule has 2 N–H and O–H groups in total. The Kier molecular flexibility index (Phi) is 9.70. The maximum absolute atomic E-state index is 14.6. The van der Waals surface area contributed by atoms with Gasteiger partial charge in [-0.2, -0.15) is 0 Å². The smallest absolute Gasteiger partial charge is 0.335 e. The van der Waals surface area contributed by atoms with Crippen LogP contribution in [0.2, 0.25) is 0 Å². The molecular formula is C37H43FN4O5. The Balaban J connectivity index is 1.38. The van der Waals surface area contributed by atoms with E-state index in [-0.39, 0.29) is 48.1 Å². The minimum atomic E-state index is -1.01. The number of carboxylic acid groups (broad SMARTS) is 1. The van der Waals surface area contributed by atoms with Crippen LogP contribution < -0.4 is 10.2 Å². The standard InChI is InChI=1S/C37H43FN4O5/c1-6-25-12-15-31(38)30(21-25)33(43)39-32(23(2)3)34(44)41-18-16-37(17-19-41)36(47)40(5)24(4)42(37)28-13-14-29(35(45)46)27(22-28)20-26-10-8-7-9-11-26/h7-15,21-24,32H,6,16-20H2,1-5H3,(H,39,43)(H,45,46). The summed E-state index contributed by atoms with van der Waals surface area (Å²) >= 11 is 0. The van der Waals surface area contributed by atoms with Crippen molar-refractivity contribution >= 4 is 29.4 Å². The first-order valence-corrected chi connectivity index (χ1v) is 16.2. The summed E-state index contributed by atoms with van der Waals surface area (Å²) < 4.78 is 14.6. The lowest BCUT2D eigenvalue weighted by molar-refractivity contribution is -0.139. The molecule has 3 amide bonds. The number of hydrogen-bond acceptors (Lipinski definition) is 5. The van der Waals surface area contributed by atoms with Crippen molar-refractivity contribution in [3.63, 3.8) is 0 Å². The van der Waals surface area contributed by atoms with E-state index in [0.29, 0.717) is 31.2 Å². The Bertz CT molecular complexity index is 1670. The van der Waals surface area contributed by atoms with Crippen molar-refractivity contribution in [2.45, 2.75) is 71.1 Å². The third kappa shape index (κ3) is 6.46. The van der Waals surface area contributed by atoms with Crippen LogP contribution in [0.25, 0.3) is 0 Å². The fraction of sp³-hybridized carbons (Fsp3) is 0.405. The van der Waals surface area contributed by atoms with Gasteiger partial charge in [0.2, 0.25) is 11.8 Å². The van der Waals surface area contributed by atoms with Gasteiger partial charge in [-0.1, -0.05) is 57.2 Å². The number of rotatable bonds is 9. The van der Waals surface area contributed by atoms with Crippen LogP contribution in [-0.4, -0.2) is 76.5 Å². The third-order valence-corrected chi connectivity index (χ3v) is 9.75. The van der Waals surface area contributed by atoms with Gasteiger partial charge in [0.15, 0.2) is 0 Å². The lowest BCUT2D eigenvalue weighted by Crippen LogP contribution is -2.60. The predicted molar refractivity (Wildman–Crippen MR) is 178 cm³/mol. The Labute approximate surface area is 275 Å². The molecule has 3 aromatic carbocycles. The molecule has 2 atom stereocenters. The van der Waals surface area contributed by atoms with E-state index in [1.165, 1.54) is 12.1 Å². The molecule has 0 aliphatic carbocycles. The maximum Gasteiger partial charge on any atom is 0.335 e. The number of aryl methyl sites for hydroxylation is 1. The van der Waals surface area contributed by atoms with Gasteiger partial charge in [0, 0.05) is 25.8 Å². The number of benzene rings is 3. The number of piperidine rings is 1. The number of hydrogen-bond donors (Lipinski definition) is 2. The van der Waals surface area contributed by atoms with Crippen LogP contribution in [0.15, 0.2) is 66.7 Å². The monoisotopic (exact) mass is 642 g/mol. The Morgan fingerprint density at radius 1 is 0.979 bits per heavy atom. The maximum atomic E-state index is 14.6. The number of carbonyl (C=O) groups excluding carboxylic acids is 3. The normalized spacial score (nSPS) is 18.1. The van der Waals surface area contributed by atoms with Gasteiger partial charge >= 0.3 is 5.97 Å². The van der Waals surface area contributed by atoms with Crippen LogP contribution in [0.5, 0.6) is 0 Å². The highest BCUT2D eigenvalue weighted by molar-refractivity contribution is 5.98. The number of nitrogens with one attached hydrogen (secondary N) is 1. The van der Waals surface area contributed by atoms with Gasteiger partial charge in [0.1, 0.15) is 23.6 Å². The molecule has 2 heterocycles. The first kappa shape index (κ1) is 33.6. The number of amides is 3. The van der Waals surface area contributed by atoms with Gasteiger partial charge in [0.25, 0.3) is 5.91 Å². The summed E-state index contributed by atoms with van der Waals surface area (Å²) in [5, 5.41) is 12.7. The second-order valence-corrected chi connectivity index (χ2v) is 12.9. The molecular weight excluding hydrogens is 599 g/mol. The van der Waals surface area contributed by atoms with E-state index in [2.05, 4.69) is 10.2 Å². The molecule has 0 radical (unpaired) electrons. The molecule has 248 valence electrons. The number of aromatic carboxylic acids is 1. The van der Waals surface area contributed by atoms with Crippen molar-refractivity contribution in [3.05, 3.63) is 100 Å².